The molecule has 0 aromatic heterocycles. The Morgan fingerprint density at radius 1 is 1.25 bits per heavy atom. The smallest absolute Gasteiger partial charge is 0.229 e. The lowest BCUT2D eigenvalue weighted by molar-refractivity contribution is -0.129. The van der Waals surface area contributed by atoms with Crippen molar-refractivity contribution in [3.8, 4) is 5.75 Å². The van der Waals surface area contributed by atoms with Gasteiger partial charge in [-0.05, 0) is 38.8 Å². The van der Waals surface area contributed by atoms with Crippen LogP contribution in [0.5, 0.6) is 5.75 Å². The van der Waals surface area contributed by atoms with Crippen LogP contribution in [0, 0.1) is 5.92 Å². The van der Waals surface area contributed by atoms with Gasteiger partial charge in [-0.3, -0.25) is 9.59 Å². The minimum atomic E-state index is -0.273. The Hall–Kier alpha value is -2.04. The van der Waals surface area contributed by atoms with Crippen LogP contribution < -0.4 is 10.1 Å². The van der Waals surface area contributed by atoms with Gasteiger partial charge in [0.2, 0.25) is 11.8 Å². The van der Waals surface area contributed by atoms with Crippen molar-refractivity contribution >= 4 is 17.5 Å². The molecule has 24 heavy (non-hydrogen) atoms. The monoisotopic (exact) mass is 330 g/mol. The molecule has 3 rings (SSSR count). The fraction of sp³-hybridized carbons (Fsp3) is 0.579. The molecule has 2 amide bonds. The van der Waals surface area contributed by atoms with Gasteiger partial charge in [-0.15, -0.1) is 0 Å². The summed E-state index contributed by atoms with van der Waals surface area (Å²) in [7, 11) is 0. The average molecular weight is 330 g/mol. The summed E-state index contributed by atoms with van der Waals surface area (Å²) in [6, 6.07) is 7.77. The van der Waals surface area contributed by atoms with Crippen LogP contribution >= 0.6 is 0 Å². The topological polar surface area (TPSA) is 58.6 Å². The fourth-order valence-corrected chi connectivity index (χ4v) is 3.64. The normalized spacial score (nSPS) is 21.5. The zero-order valence-corrected chi connectivity index (χ0v) is 14.5. The second-order valence-corrected chi connectivity index (χ2v) is 7.04. The summed E-state index contributed by atoms with van der Waals surface area (Å²) in [5.41, 5.74) is 0.669. The Labute approximate surface area is 143 Å². The van der Waals surface area contributed by atoms with Crippen molar-refractivity contribution in [3.05, 3.63) is 24.3 Å². The largest absolute Gasteiger partial charge is 0.489 e. The van der Waals surface area contributed by atoms with Gasteiger partial charge in [0.1, 0.15) is 5.75 Å². The van der Waals surface area contributed by atoms with Crippen LogP contribution in [-0.2, 0) is 9.59 Å². The minimum absolute atomic E-state index is 0.0361. The van der Waals surface area contributed by atoms with Gasteiger partial charge in [-0.25, -0.2) is 0 Å². The quantitative estimate of drug-likeness (QED) is 0.902. The molecule has 2 aliphatic rings. The van der Waals surface area contributed by atoms with Gasteiger partial charge in [0.05, 0.1) is 17.7 Å². The Morgan fingerprint density at radius 3 is 2.67 bits per heavy atom. The van der Waals surface area contributed by atoms with Crippen molar-refractivity contribution < 1.29 is 14.3 Å². The summed E-state index contributed by atoms with van der Waals surface area (Å²) >= 11 is 0. The van der Waals surface area contributed by atoms with Crippen LogP contribution in [-0.4, -0.2) is 35.4 Å². The van der Waals surface area contributed by atoms with Crippen molar-refractivity contribution in [2.45, 2.75) is 58.1 Å². The van der Waals surface area contributed by atoms with E-state index in [-0.39, 0.29) is 23.8 Å². The summed E-state index contributed by atoms with van der Waals surface area (Å²) in [4.78, 5) is 26.8. The zero-order chi connectivity index (χ0) is 17.1. The maximum absolute atomic E-state index is 12.6. The molecule has 1 aliphatic heterocycles. The number of carbonyl (C=O) groups excluding carboxylic acids is 2. The van der Waals surface area contributed by atoms with E-state index in [4.69, 9.17) is 4.74 Å². The number of amides is 2. The van der Waals surface area contributed by atoms with Crippen molar-refractivity contribution in [1.29, 1.82) is 0 Å². The maximum atomic E-state index is 12.6. The number of hydrogen-bond donors (Lipinski definition) is 1. The highest BCUT2D eigenvalue weighted by Gasteiger charge is 2.38. The van der Waals surface area contributed by atoms with E-state index >= 15 is 0 Å². The number of anilines is 1. The van der Waals surface area contributed by atoms with Crippen molar-refractivity contribution in [2.24, 2.45) is 5.92 Å². The molecule has 1 aromatic carbocycles. The van der Waals surface area contributed by atoms with E-state index < -0.39 is 0 Å². The summed E-state index contributed by atoms with van der Waals surface area (Å²) in [5, 5.41) is 2.95. The average Bonchev–Trinajstić information content (AvgIpc) is 3.17. The summed E-state index contributed by atoms with van der Waals surface area (Å²) in [6.07, 6.45) is 4.87. The number of benzene rings is 1. The van der Waals surface area contributed by atoms with E-state index in [0.29, 0.717) is 30.4 Å². The highest BCUT2D eigenvalue weighted by Crippen LogP contribution is 2.31. The summed E-state index contributed by atoms with van der Waals surface area (Å²) < 4.78 is 5.74. The van der Waals surface area contributed by atoms with Crippen LogP contribution in [0.15, 0.2) is 24.3 Å². The number of rotatable bonds is 5. The SMILES string of the molecule is CC(C)Oc1ccccc1NC(=O)C1CC(=O)N(C2CCCC2)C1. The first kappa shape index (κ1) is 16.8. The molecule has 0 spiro atoms. The summed E-state index contributed by atoms with van der Waals surface area (Å²) in [6.45, 7) is 4.45. The van der Waals surface area contributed by atoms with Crippen molar-refractivity contribution in [2.75, 3.05) is 11.9 Å². The van der Waals surface area contributed by atoms with E-state index in [1.54, 1.807) is 0 Å². The maximum Gasteiger partial charge on any atom is 0.229 e. The molecule has 2 fully saturated rings. The van der Waals surface area contributed by atoms with Crippen LogP contribution in [0.4, 0.5) is 5.69 Å². The number of nitrogens with one attached hydrogen (secondary N) is 1. The molecule has 1 N–H and O–H groups in total. The minimum Gasteiger partial charge on any atom is -0.489 e. The standard InChI is InChI=1S/C19H26N2O3/c1-13(2)24-17-10-6-5-9-16(17)20-19(23)14-11-18(22)21(12-14)15-7-3-4-8-15/h5-6,9-10,13-15H,3-4,7-8,11-12H2,1-2H3,(H,20,23). The number of ether oxygens (including phenoxy) is 1. The van der Waals surface area contributed by atoms with Gasteiger partial charge >= 0.3 is 0 Å². The molecule has 5 nitrogen and oxygen atoms in total. The number of hydrogen-bond acceptors (Lipinski definition) is 3. The molecule has 0 bridgehead atoms. The lowest BCUT2D eigenvalue weighted by Crippen LogP contribution is -2.35. The second-order valence-electron chi connectivity index (χ2n) is 7.04. The van der Waals surface area contributed by atoms with Gasteiger partial charge in [0, 0.05) is 19.0 Å². The van der Waals surface area contributed by atoms with Gasteiger partial charge in [-0.1, -0.05) is 25.0 Å². The van der Waals surface area contributed by atoms with E-state index in [1.165, 1.54) is 12.8 Å². The fourth-order valence-electron chi connectivity index (χ4n) is 3.64. The molecular formula is C19H26N2O3. The predicted octanol–water partition coefficient (Wildman–Crippen LogP) is 3.20. The van der Waals surface area contributed by atoms with Gasteiger partial charge in [-0.2, -0.15) is 0 Å². The van der Waals surface area contributed by atoms with Gasteiger partial charge in [0.15, 0.2) is 0 Å². The van der Waals surface area contributed by atoms with Crippen LogP contribution in [0.2, 0.25) is 0 Å². The third-order valence-corrected chi connectivity index (χ3v) is 4.80. The lowest BCUT2D eigenvalue weighted by atomic mass is 10.1. The first-order chi connectivity index (χ1) is 11.5. The Kier molecular flexibility index (Phi) is 5.07. The van der Waals surface area contributed by atoms with Crippen LogP contribution in [0.1, 0.15) is 46.0 Å². The molecule has 1 saturated carbocycles. The molecule has 130 valence electrons. The van der Waals surface area contributed by atoms with Crippen LogP contribution in [0.25, 0.3) is 0 Å². The third-order valence-electron chi connectivity index (χ3n) is 4.80. The van der Waals surface area contributed by atoms with Gasteiger partial charge < -0.3 is 15.0 Å². The second kappa shape index (κ2) is 7.24. The highest BCUT2D eigenvalue weighted by atomic mass is 16.5. The molecule has 1 heterocycles. The van der Waals surface area contributed by atoms with Crippen LogP contribution in [0.3, 0.4) is 0 Å². The van der Waals surface area contributed by atoms with E-state index in [2.05, 4.69) is 5.32 Å². The Morgan fingerprint density at radius 2 is 1.96 bits per heavy atom. The number of nitrogens with zero attached hydrogens (tertiary/aromatic N) is 1. The molecular weight excluding hydrogens is 304 g/mol. The number of carbonyl (C=O) groups is 2. The number of para-hydroxylation sites is 2. The lowest BCUT2D eigenvalue weighted by Gasteiger charge is -2.24. The molecule has 1 aromatic rings. The third kappa shape index (κ3) is 3.71. The first-order valence-electron chi connectivity index (χ1n) is 8.90. The first-order valence-corrected chi connectivity index (χ1v) is 8.90. The highest BCUT2D eigenvalue weighted by molar-refractivity contribution is 5.98. The molecule has 1 aliphatic carbocycles. The number of likely N-dealkylation sites (tertiary alicyclic amines) is 1. The predicted molar refractivity (Wildman–Crippen MR) is 92.9 cm³/mol. The van der Waals surface area contributed by atoms with Crippen molar-refractivity contribution in [1.82, 2.24) is 4.90 Å². The summed E-state index contributed by atoms with van der Waals surface area (Å²) in [5.74, 6) is 0.417. The van der Waals surface area contributed by atoms with Crippen molar-refractivity contribution in [3.63, 3.8) is 0 Å². The van der Waals surface area contributed by atoms with Gasteiger partial charge in [0.25, 0.3) is 0 Å². The molecule has 1 atom stereocenters. The van der Waals surface area contributed by atoms with E-state index in [0.717, 1.165) is 12.8 Å². The molecule has 1 saturated heterocycles. The molecule has 0 radical (unpaired) electrons. The van der Waals surface area contributed by atoms with E-state index in [9.17, 15) is 9.59 Å². The molecule has 5 heteroatoms. The zero-order valence-electron chi connectivity index (χ0n) is 14.5. The molecule has 1 unspecified atom stereocenters. The Bertz CT molecular complexity index is 608. The van der Waals surface area contributed by atoms with E-state index in [1.807, 2.05) is 43.0 Å². The Balaban J connectivity index is 1.64.